The van der Waals surface area contributed by atoms with Crippen LogP contribution in [-0.4, -0.2) is 19.3 Å². The molecule has 0 amide bonds. The van der Waals surface area contributed by atoms with Gasteiger partial charge in [-0.3, -0.25) is 9.25 Å². The third-order valence-electron chi connectivity index (χ3n) is 3.06. The van der Waals surface area contributed by atoms with Crippen LogP contribution in [0.25, 0.3) is 16.7 Å². The number of hydrogen-bond acceptors (Lipinski definition) is 3. The molecular weight excluding hydrogens is 226 g/mol. The van der Waals surface area contributed by atoms with Gasteiger partial charge in [0.1, 0.15) is 0 Å². The van der Waals surface area contributed by atoms with Crippen molar-refractivity contribution in [2.45, 2.75) is 13.8 Å². The van der Waals surface area contributed by atoms with Gasteiger partial charge in [0, 0.05) is 13.2 Å². The van der Waals surface area contributed by atoms with E-state index in [0.29, 0.717) is 5.95 Å². The predicted molar refractivity (Wildman–Crippen MR) is 71.7 cm³/mol. The lowest BCUT2D eigenvalue weighted by Gasteiger charge is -2.04. The van der Waals surface area contributed by atoms with Gasteiger partial charge in [0.2, 0.25) is 5.95 Å². The highest BCUT2D eigenvalue weighted by Gasteiger charge is 2.13. The molecule has 5 nitrogen and oxygen atoms in total. The first-order chi connectivity index (χ1) is 8.56. The van der Waals surface area contributed by atoms with Gasteiger partial charge in [0.25, 0.3) is 0 Å². The van der Waals surface area contributed by atoms with E-state index in [1.807, 2.05) is 36.9 Å². The van der Waals surface area contributed by atoms with Gasteiger partial charge in [-0.05, 0) is 31.5 Å². The third kappa shape index (κ3) is 1.48. The molecule has 0 radical (unpaired) electrons. The van der Waals surface area contributed by atoms with Crippen molar-refractivity contribution in [3.63, 3.8) is 0 Å². The van der Waals surface area contributed by atoms with E-state index in [0.717, 1.165) is 22.4 Å². The predicted octanol–water partition coefficient (Wildman–Crippen LogP) is 1.96. The van der Waals surface area contributed by atoms with Crippen molar-refractivity contribution in [1.29, 1.82) is 0 Å². The lowest BCUT2D eigenvalue weighted by atomic mass is 10.2. The quantitative estimate of drug-likeness (QED) is 0.708. The van der Waals surface area contributed by atoms with Gasteiger partial charge < -0.3 is 5.73 Å². The lowest BCUT2D eigenvalue weighted by Crippen LogP contribution is -2.01. The van der Waals surface area contributed by atoms with Gasteiger partial charge in [0.15, 0.2) is 0 Å². The summed E-state index contributed by atoms with van der Waals surface area (Å²) in [6.07, 6.45) is 1.95. The minimum atomic E-state index is 0.492. The van der Waals surface area contributed by atoms with Crippen molar-refractivity contribution in [2.24, 2.45) is 7.05 Å². The average Bonchev–Trinajstić information content (AvgIpc) is 2.77. The lowest BCUT2D eigenvalue weighted by molar-refractivity contribution is 0.756. The van der Waals surface area contributed by atoms with Crippen molar-refractivity contribution in [3.8, 4) is 5.69 Å². The zero-order valence-electron chi connectivity index (χ0n) is 10.7. The highest BCUT2D eigenvalue weighted by atomic mass is 15.3. The second-order valence-corrected chi connectivity index (χ2v) is 4.57. The van der Waals surface area contributed by atoms with Crippen LogP contribution < -0.4 is 5.73 Å². The van der Waals surface area contributed by atoms with E-state index in [-0.39, 0.29) is 0 Å². The molecule has 0 aliphatic carbocycles. The van der Waals surface area contributed by atoms with Gasteiger partial charge >= 0.3 is 0 Å². The smallest absolute Gasteiger partial charge is 0.206 e. The summed E-state index contributed by atoms with van der Waals surface area (Å²) in [4.78, 5) is 4.38. The van der Waals surface area contributed by atoms with Crippen LogP contribution >= 0.6 is 0 Å². The van der Waals surface area contributed by atoms with Gasteiger partial charge in [0.05, 0.1) is 22.4 Å². The zero-order valence-corrected chi connectivity index (χ0v) is 10.7. The summed E-state index contributed by atoms with van der Waals surface area (Å²) >= 11 is 0. The topological polar surface area (TPSA) is 61.7 Å². The summed E-state index contributed by atoms with van der Waals surface area (Å²) in [5, 5.41) is 4.35. The number of nitrogens with zero attached hydrogens (tertiary/aromatic N) is 4. The normalized spacial score (nSPS) is 11.3. The third-order valence-corrected chi connectivity index (χ3v) is 3.06. The zero-order chi connectivity index (χ0) is 12.9. The summed E-state index contributed by atoms with van der Waals surface area (Å²) in [6, 6.07) is 6.11. The molecule has 0 unspecified atom stereocenters. The summed E-state index contributed by atoms with van der Waals surface area (Å²) in [7, 11) is 1.90. The van der Waals surface area contributed by atoms with Gasteiger partial charge in [-0.1, -0.05) is 6.07 Å². The van der Waals surface area contributed by atoms with E-state index in [9.17, 15) is 0 Å². The Balaban J connectivity index is 2.37. The molecule has 18 heavy (non-hydrogen) atoms. The first kappa shape index (κ1) is 10.8. The number of nitrogen functional groups attached to an aromatic ring is 1. The van der Waals surface area contributed by atoms with E-state index in [1.165, 1.54) is 5.56 Å². The Hall–Kier alpha value is -2.30. The molecule has 3 aromatic rings. The van der Waals surface area contributed by atoms with Crippen molar-refractivity contribution in [1.82, 2.24) is 19.3 Å². The average molecular weight is 241 g/mol. The Kier molecular flexibility index (Phi) is 2.16. The van der Waals surface area contributed by atoms with E-state index in [1.54, 1.807) is 4.68 Å². The first-order valence-corrected chi connectivity index (χ1v) is 5.81. The minimum Gasteiger partial charge on any atom is -0.369 e. The van der Waals surface area contributed by atoms with E-state index >= 15 is 0 Å². The van der Waals surface area contributed by atoms with E-state index < -0.39 is 0 Å². The maximum absolute atomic E-state index is 6.03. The molecule has 0 fully saturated rings. The standard InChI is InChI=1S/C13H15N5/c1-8-4-5-10-11(6-8)18(13(14)15-10)12-7-17(3)16-9(12)2/h4-7H,1-3H3,(H2,14,15). The Morgan fingerprint density at radius 3 is 2.67 bits per heavy atom. The van der Waals surface area contributed by atoms with E-state index in [2.05, 4.69) is 23.1 Å². The van der Waals surface area contributed by atoms with Crippen LogP contribution in [0.15, 0.2) is 24.4 Å². The van der Waals surface area contributed by atoms with E-state index in [4.69, 9.17) is 5.73 Å². The molecular formula is C13H15N5. The molecule has 0 saturated carbocycles. The molecule has 0 spiro atoms. The number of rotatable bonds is 1. The second kappa shape index (κ2) is 3.60. The van der Waals surface area contributed by atoms with Crippen molar-refractivity contribution in [3.05, 3.63) is 35.7 Å². The molecule has 2 heterocycles. The highest BCUT2D eigenvalue weighted by Crippen LogP contribution is 2.25. The maximum Gasteiger partial charge on any atom is 0.206 e. The fraction of sp³-hybridized carbons (Fsp3) is 0.231. The molecule has 92 valence electrons. The Morgan fingerprint density at radius 2 is 2.00 bits per heavy atom. The monoisotopic (exact) mass is 241 g/mol. The van der Waals surface area contributed by atoms with Crippen molar-refractivity contribution in [2.75, 3.05) is 5.73 Å². The van der Waals surface area contributed by atoms with Crippen LogP contribution in [0.1, 0.15) is 11.3 Å². The highest BCUT2D eigenvalue weighted by molar-refractivity contribution is 5.81. The maximum atomic E-state index is 6.03. The van der Waals surface area contributed by atoms with Crippen LogP contribution in [0, 0.1) is 13.8 Å². The molecule has 2 aromatic heterocycles. The van der Waals surface area contributed by atoms with Crippen molar-refractivity contribution < 1.29 is 0 Å². The molecule has 0 aliphatic rings. The number of fused-ring (bicyclic) bond motifs is 1. The number of anilines is 1. The van der Waals surface area contributed by atoms with Crippen LogP contribution in [0.5, 0.6) is 0 Å². The molecule has 0 aliphatic heterocycles. The molecule has 5 heteroatoms. The summed E-state index contributed by atoms with van der Waals surface area (Å²) in [5.41, 5.74) is 11.0. The van der Waals surface area contributed by atoms with Gasteiger partial charge in [-0.2, -0.15) is 5.10 Å². The van der Waals surface area contributed by atoms with Crippen LogP contribution in [0.4, 0.5) is 5.95 Å². The first-order valence-electron chi connectivity index (χ1n) is 5.81. The summed E-state index contributed by atoms with van der Waals surface area (Å²) < 4.78 is 3.73. The second-order valence-electron chi connectivity index (χ2n) is 4.57. The fourth-order valence-corrected chi connectivity index (χ4v) is 2.26. The number of aromatic nitrogens is 4. The molecule has 0 saturated heterocycles. The number of nitrogens with two attached hydrogens (primary N) is 1. The van der Waals surface area contributed by atoms with Crippen LogP contribution in [0.2, 0.25) is 0 Å². The number of aryl methyl sites for hydroxylation is 3. The van der Waals surface area contributed by atoms with Crippen molar-refractivity contribution >= 4 is 17.0 Å². The Bertz CT molecular complexity index is 735. The fourth-order valence-electron chi connectivity index (χ4n) is 2.26. The van der Waals surface area contributed by atoms with Gasteiger partial charge in [-0.15, -0.1) is 0 Å². The van der Waals surface area contributed by atoms with Crippen LogP contribution in [-0.2, 0) is 7.05 Å². The van der Waals surface area contributed by atoms with Crippen LogP contribution in [0.3, 0.4) is 0 Å². The molecule has 3 rings (SSSR count). The number of benzene rings is 1. The molecule has 1 aromatic carbocycles. The Labute approximate surface area is 105 Å². The Morgan fingerprint density at radius 1 is 1.22 bits per heavy atom. The largest absolute Gasteiger partial charge is 0.369 e. The van der Waals surface area contributed by atoms with Gasteiger partial charge in [-0.25, -0.2) is 4.98 Å². The molecule has 0 bridgehead atoms. The molecule has 0 atom stereocenters. The summed E-state index contributed by atoms with van der Waals surface area (Å²) in [6.45, 7) is 4.03. The number of hydrogen-bond donors (Lipinski definition) is 1. The minimum absolute atomic E-state index is 0.492. The number of imidazole rings is 1. The summed E-state index contributed by atoms with van der Waals surface area (Å²) in [5.74, 6) is 0.492. The molecule has 2 N–H and O–H groups in total. The SMILES string of the molecule is Cc1ccc2nc(N)n(-c3cn(C)nc3C)c2c1.